The van der Waals surface area contributed by atoms with Crippen LogP contribution in [-0.2, 0) is 4.79 Å². The van der Waals surface area contributed by atoms with Gasteiger partial charge >= 0.3 is 0 Å². The first kappa shape index (κ1) is 22.4. The van der Waals surface area contributed by atoms with Crippen molar-refractivity contribution in [3.63, 3.8) is 0 Å². The maximum Gasteiger partial charge on any atom is 0.217 e. The lowest BCUT2D eigenvalue weighted by Gasteiger charge is -2.17. The first-order valence-corrected chi connectivity index (χ1v) is 9.33. The Morgan fingerprint density at radius 2 is 1.09 bits per heavy atom. The molecule has 5 heteroatoms. The van der Waals surface area contributed by atoms with E-state index in [1.807, 2.05) is 0 Å². The monoisotopic (exact) mass is 331 g/mol. The van der Waals surface area contributed by atoms with Crippen LogP contribution in [-0.4, -0.2) is 40.0 Å². The summed E-state index contributed by atoms with van der Waals surface area (Å²) in [5.41, 5.74) is 5.08. The van der Waals surface area contributed by atoms with Crippen molar-refractivity contribution >= 4 is 5.91 Å². The smallest absolute Gasteiger partial charge is 0.217 e. The third-order valence-electron chi connectivity index (χ3n) is 4.28. The molecule has 0 aromatic rings. The van der Waals surface area contributed by atoms with E-state index in [0.717, 1.165) is 70.6 Å². The number of rotatable bonds is 17. The second-order valence-electron chi connectivity index (χ2n) is 6.54. The van der Waals surface area contributed by atoms with Crippen molar-refractivity contribution < 1.29 is 20.1 Å². The number of nitrogens with two attached hydrogens (primary N) is 1. The summed E-state index contributed by atoms with van der Waals surface area (Å²) < 4.78 is 0. The molecule has 0 aliphatic rings. The predicted molar refractivity (Wildman–Crippen MR) is 92.9 cm³/mol. The van der Waals surface area contributed by atoms with Crippen LogP contribution in [0, 0.1) is 0 Å². The molecule has 0 aliphatic carbocycles. The Morgan fingerprint density at radius 1 is 0.696 bits per heavy atom. The van der Waals surface area contributed by atoms with E-state index < -0.39 is 12.2 Å². The lowest BCUT2D eigenvalue weighted by Crippen LogP contribution is -2.25. The SMILES string of the molecule is NC(=O)CCCCCCCCCC(O)C(O)CCCCCCO. The van der Waals surface area contributed by atoms with Crippen LogP contribution in [0.3, 0.4) is 0 Å². The topological polar surface area (TPSA) is 104 Å². The minimum absolute atomic E-state index is 0.217. The highest BCUT2D eigenvalue weighted by atomic mass is 16.3. The summed E-state index contributed by atoms with van der Waals surface area (Å²) in [6, 6.07) is 0. The predicted octanol–water partition coefficient (Wildman–Crippen LogP) is 2.65. The zero-order valence-electron chi connectivity index (χ0n) is 14.6. The maximum absolute atomic E-state index is 10.6. The van der Waals surface area contributed by atoms with E-state index in [4.69, 9.17) is 10.8 Å². The third kappa shape index (κ3) is 16.0. The molecule has 0 radical (unpaired) electrons. The number of carbonyl (C=O) groups is 1. The minimum atomic E-state index is -0.613. The fourth-order valence-electron chi connectivity index (χ4n) is 2.74. The van der Waals surface area contributed by atoms with E-state index in [9.17, 15) is 15.0 Å². The molecule has 23 heavy (non-hydrogen) atoms. The number of aliphatic hydroxyl groups excluding tert-OH is 3. The molecular formula is C18H37NO4. The molecule has 0 heterocycles. The van der Waals surface area contributed by atoms with Gasteiger partial charge in [0.05, 0.1) is 12.2 Å². The molecular weight excluding hydrogens is 294 g/mol. The van der Waals surface area contributed by atoms with Crippen LogP contribution < -0.4 is 5.73 Å². The van der Waals surface area contributed by atoms with Crippen LogP contribution in [0.25, 0.3) is 0 Å². The molecule has 0 aromatic carbocycles. The Morgan fingerprint density at radius 3 is 1.52 bits per heavy atom. The second kappa shape index (κ2) is 16.2. The fourth-order valence-corrected chi connectivity index (χ4v) is 2.74. The molecule has 0 fully saturated rings. The van der Waals surface area contributed by atoms with Crippen molar-refractivity contribution in [2.45, 2.75) is 102 Å². The fraction of sp³-hybridized carbons (Fsp3) is 0.944. The second-order valence-corrected chi connectivity index (χ2v) is 6.54. The van der Waals surface area contributed by atoms with Crippen molar-refractivity contribution in [2.24, 2.45) is 5.73 Å². The van der Waals surface area contributed by atoms with Crippen molar-refractivity contribution in [1.82, 2.24) is 0 Å². The van der Waals surface area contributed by atoms with Gasteiger partial charge in [-0.05, 0) is 25.7 Å². The van der Waals surface area contributed by atoms with Gasteiger partial charge in [0, 0.05) is 13.0 Å². The number of aliphatic hydroxyl groups is 3. The Balaban J connectivity index is 3.34. The highest BCUT2D eigenvalue weighted by Crippen LogP contribution is 2.14. The van der Waals surface area contributed by atoms with Gasteiger partial charge in [0.1, 0.15) is 0 Å². The van der Waals surface area contributed by atoms with E-state index in [1.54, 1.807) is 0 Å². The van der Waals surface area contributed by atoms with Gasteiger partial charge in [-0.25, -0.2) is 0 Å². The van der Waals surface area contributed by atoms with Gasteiger partial charge in [-0.2, -0.15) is 0 Å². The number of unbranched alkanes of at least 4 members (excludes halogenated alkanes) is 9. The number of amides is 1. The lowest BCUT2D eigenvalue weighted by molar-refractivity contribution is -0.118. The first-order chi connectivity index (χ1) is 11.1. The molecule has 138 valence electrons. The van der Waals surface area contributed by atoms with Gasteiger partial charge < -0.3 is 21.1 Å². The van der Waals surface area contributed by atoms with Crippen LogP contribution in [0.15, 0.2) is 0 Å². The molecule has 0 aliphatic heterocycles. The summed E-state index contributed by atoms with van der Waals surface area (Å²) in [7, 11) is 0. The van der Waals surface area contributed by atoms with Crippen LogP contribution in [0.5, 0.6) is 0 Å². The Labute approximate surface area is 141 Å². The molecule has 0 spiro atoms. The van der Waals surface area contributed by atoms with Crippen molar-refractivity contribution in [3.05, 3.63) is 0 Å². The molecule has 5 nitrogen and oxygen atoms in total. The number of primary amides is 1. The van der Waals surface area contributed by atoms with E-state index in [2.05, 4.69) is 0 Å². The Bertz CT molecular complexity index is 274. The molecule has 5 N–H and O–H groups in total. The summed E-state index contributed by atoms with van der Waals surface area (Å²) in [6.07, 6.45) is 11.7. The summed E-state index contributed by atoms with van der Waals surface area (Å²) in [5.74, 6) is -0.217. The maximum atomic E-state index is 10.6. The third-order valence-corrected chi connectivity index (χ3v) is 4.28. The largest absolute Gasteiger partial charge is 0.396 e. The molecule has 0 bridgehead atoms. The summed E-state index contributed by atoms with van der Waals surface area (Å²) in [5, 5.41) is 28.5. The molecule has 0 aromatic heterocycles. The standard InChI is InChI=1S/C18H37NO4/c19-18(23)14-10-5-3-1-2-4-8-12-16(21)17(22)13-9-6-7-11-15-20/h16-17,20-22H,1-15H2,(H2,19,23). The first-order valence-electron chi connectivity index (χ1n) is 9.33. The average Bonchev–Trinajstić information content (AvgIpc) is 2.52. The van der Waals surface area contributed by atoms with Gasteiger partial charge in [0.2, 0.25) is 5.91 Å². The molecule has 0 rings (SSSR count). The number of hydrogen-bond donors (Lipinski definition) is 4. The molecule has 2 atom stereocenters. The minimum Gasteiger partial charge on any atom is -0.396 e. The summed E-state index contributed by atoms with van der Waals surface area (Å²) >= 11 is 0. The number of carbonyl (C=O) groups excluding carboxylic acids is 1. The van der Waals surface area contributed by atoms with Crippen LogP contribution >= 0.6 is 0 Å². The molecule has 0 saturated carbocycles. The van der Waals surface area contributed by atoms with Gasteiger partial charge in [-0.3, -0.25) is 4.79 Å². The van der Waals surface area contributed by atoms with E-state index in [1.165, 1.54) is 0 Å². The van der Waals surface area contributed by atoms with Crippen LogP contribution in [0.1, 0.15) is 89.9 Å². The zero-order chi connectivity index (χ0) is 17.3. The van der Waals surface area contributed by atoms with E-state index in [0.29, 0.717) is 19.3 Å². The van der Waals surface area contributed by atoms with Gasteiger partial charge in [0.25, 0.3) is 0 Å². The van der Waals surface area contributed by atoms with Crippen molar-refractivity contribution in [3.8, 4) is 0 Å². The normalized spacial score (nSPS) is 13.9. The van der Waals surface area contributed by atoms with Crippen LogP contribution in [0.2, 0.25) is 0 Å². The summed E-state index contributed by atoms with van der Waals surface area (Å²) in [6.45, 7) is 0.232. The molecule has 0 saturated heterocycles. The van der Waals surface area contributed by atoms with Crippen molar-refractivity contribution in [2.75, 3.05) is 6.61 Å². The molecule has 1 amide bonds. The molecule has 2 unspecified atom stereocenters. The highest BCUT2D eigenvalue weighted by Gasteiger charge is 2.15. The van der Waals surface area contributed by atoms with Gasteiger partial charge in [0.15, 0.2) is 0 Å². The highest BCUT2D eigenvalue weighted by molar-refractivity contribution is 5.73. The Hall–Kier alpha value is -0.650. The summed E-state index contributed by atoms with van der Waals surface area (Å²) in [4.78, 5) is 10.6. The lowest BCUT2D eigenvalue weighted by atomic mass is 10.00. The van der Waals surface area contributed by atoms with Gasteiger partial charge in [-0.15, -0.1) is 0 Å². The van der Waals surface area contributed by atoms with E-state index >= 15 is 0 Å². The van der Waals surface area contributed by atoms with Crippen LogP contribution in [0.4, 0.5) is 0 Å². The quantitative estimate of drug-likeness (QED) is 0.308. The zero-order valence-corrected chi connectivity index (χ0v) is 14.6. The van der Waals surface area contributed by atoms with E-state index in [-0.39, 0.29) is 12.5 Å². The van der Waals surface area contributed by atoms with Gasteiger partial charge in [-0.1, -0.05) is 57.8 Å². The van der Waals surface area contributed by atoms with Crippen molar-refractivity contribution in [1.29, 1.82) is 0 Å². The average molecular weight is 331 g/mol. The number of hydrogen-bond acceptors (Lipinski definition) is 4. The Kier molecular flexibility index (Phi) is 15.8.